The van der Waals surface area contributed by atoms with Gasteiger partial charge in [0.15, 0.2) is 10.3 Å². The first-order valence-corrected chi connectivity index (χ1v) is 5.48. The molecule has 0 saturated heterocycles. The number of halogens is 4. The van der Waals surface area contributed by atoms with Crippen molar-refractivity contribution in [3.05, 3.63) is 28.8 Å². The number of rotatable bonds is 2. The minimum atomic E-state index is -4.91. The van der Waals surface area contributed by atoms with Crippen LogP contribution in [0.2, 0.25) is 5.02 Å². The summed E-state index contributed by atoms with van der Waals surface area (Å²) in [6.45, 7) is 0. The summed E-state index contributed by atoms with van der Waals surface area (Å²) < 4.78 is 69.0. The summed E-state index contributed by atoms with van der Waals surface area (Å²) in [6.07, 6.45) is -4.65. The Kier molecular flexibility index (Phi) is 5.77. The second kappa shape index (κ2) is 5.77. The van der Waals surface area contributed by atoms with Crippen LogP contribution in [-0.4, -0.2) is 13.0 Å². The third-order valence-electron chi connectivity index (χ3n) is 1.53. The molecule has 1 aromatic carbocycles. The molecule has 0 unspecified atom stereocenters. The van der Waals surface area contributed by atoms with Gasteiger partial charge in [-0.15, -0.1) is 0 Å². The molecule has 0 radical (unpaired) electrons. The summed E-state index contributed by atoms with van der Waals surface area (Å²) in [5.74, 6) is 0. The maximum Gasteiger partial charge on any atom is 1.00 e. The average Bonchev–Trinajstić information content (AvgIpc) is 2.04. The Morgan fingerprint density at radius 3 is 2.24 bits per heavy atom. The zero-order valence-electron chi connectivity index (χ0n) is 8.38. The van der Waals surface area contributed by atoms with Crippen molar-refractivity contribution >= 4 is 27.6 Å². The Balaban J connectivity index is 0.00000256. The van der Waals surface area contributed by atoms with Crippen molar-refractivity contribution in [2.45, 2.75) is 6.18 Å². The normalized spacial score (nSPS) is 11.8. The fourth-order valence-electron chi connectivity index (χ4n) is 0.914. The molecular weight excluding hydrogens is 294 g/mol. The third kappa shape index (κ3) is 5.45. The van der Waals surface area contributed by atoms with Gasteiger partial charge in [-0.3, -0.25) is 4.72 Å². The molecule has 1 rings (SSSR count). The van der Waals surface area contributed by atoms with Crippen molar-refractivity contribution in [1.29, 1.82) is 0 Å². The molecule has 0 aromatic heterocycles. The van der Waals surface area contributed by atoms with Crippen LogP contribution in [0.1, 0.15) is 5.56 Å². The van der Waals surface area contributed by atoms with Gasteiger partial charge in [0.05, 0.1) is 16.3 Å². The summed E-state index contributed by atoms with van der Waals surface area (Å²) in [5, 5.41) is -0.299. The molecule has 4 nitrogen and oxygen atoms in total. The Hall–Kier alpha value is 0.0100. The van der Waals surface area contributed by atoms with Crippen molar-refractivity contribution < 1.29 is 55.7 Å². The van der Waals surface area contributed by atoms with Gasteiger partial charge in [0.2, 0.25) is 0 Å². The van der Waals surface area contributed by atoms with E-state index in [0.29, 0.717) is 12.1 Å². The maximum absolute atomic E-state index is 12.2. The van der Waals surface area contributed by atoms with Crippen LogP contribution < -0.4 is 34.3 Å². The van der Waals surface area contributed by atoms with Gasteiger partial charge >= 0.3 is 35.7 Å². The second-order valence-corrected chi connectivity index (χ2v) is 4.27. The number of nitrogens with one attached hydrogen (secondary N) is 1. The van der Waals surface area contributed by atoms with E-state index in [-0.39, 0.29) is 34.6 Å². The van der Waals surface area contributed by atoms with Crippen molar-refractivity contribution in [1.82, 2.24) is 0 Å². The maximum atomic E-state index is 12.2. The van der Waals surface area contributed by atoms with Crippen molar-refractivity contribution in [3.8, 4) is 0 Å². The van der Waals surface area contributed by atoms with Gasteiger partial charge in [0.1, 0.15) is 0 Å². The van der Waals surface area contributed by atoms with E-state index in [4.69, 9.17) is 11.6 Å². The number of benzene rings is 1. The first kappa shape index (κ1) is 17.0. The van der Waals surface area contributed by atoms with Crippen LogP contribution in [0.15, 0.2) is 18.2 Å². The average molecular weight is 298 g/mol. The molecule has 0 atom stereocenters. The summed E-state index contributed by atoms with van der Waals surface area (Å²) >= 11 is 5.42. The molecule has 17 heavy (non-hydrogen) atoms. The molecule has 0 bridgehead atoms. The molecule has 1 N–H and O–H groups in total. The molecular formula is C7H4ClF3NNaO3S. The fourth-order valence-corrected chi connectivity index (χ4v) is 1.57. The Morgan fingerprint density at radius 2 is 1.82 bits per heavy atom. The van der Waals surface area contributed by atoms with Gasteiger partial charge < -0.3 is 4.55 Å². The second-order valence-electron chi connectivity index (χ2n) is 2.75. The molecule has 1 aromatic rings. The van der Waals surface area contributed by atoms with E-state index in [9.17, 15) is 26.1 Å². The predicted molar refractivity (Wildman–Crippen MR) is 49.8 cm³/mol. The molecule has 0 spiro atoms. The Bertz CT molecular complexity index is 506. The standard InChI is InChI=1S/C7H5ClF3NO3S.Na/c8-5-2-1-4(7(9,10)11)3-6(5)12-16(13,14)15;/h1-3,12H,(H,13,14,15);/q;+1/p-1. The number of alkyl halides is 3. The van der Waals surface area contributed by atoms with E-state index in [1.54, 1.807) is 0 Å². The summed E-state index contributed by atoms with van der Waals surface area (Å²) in [7, 11) is -4.91. The van der Waals surface area contributed by atoms with Gasteiger partial charge in [-0.25, -0.2) is 8.42 Å². The summed E-state index contributed by atoms with van der Waals surface area (Å²) in [5.41, 5.74) is -1.71. The van der Waals surface area contributed by atoms with Crippen LogP contribution in [0.3, 0.4) is 0 Å². The van der Waals surface area contributed by atoms with Gasteiger partial charge in [-0.2, -0.15) is 13.2 Å². The van der Waals surface area contributed by atoms with Crippen LogP contribution in [0.4, 0.5) is 18.9 Å². The zero-order valence-corrected chi connectivity index (χ0v) is 11.9. The summed E-state index contributed by atoms with van der Waals surface area (Å²) in [6, 6.07) is 1.96. The molecule has 0 fully saturated rings. The largest absolute Gasteiger partial charge is 1.00 e. The van der Waals surface area contributed by atoms with Crippen LogP contribution in [0, 0.1) is 0 Å². The quantitative estimate of drug-likeness (QED) is 0.576. The molecule has 90 valence electrons. The predicted octanol–water partition coefficient (Wildman–Crippen LogP) is -0.765. The van der Waals surface area contributed by atoms with Crippen LogP contribution in [0.25, 0.3) is 0 Å². The minimum Gasteiger partial charge on any atom is -0.731 e. The van der Waals surface area contributed by atoms with Crippen molar-refractivity contribution in [2.75, 3.05) is 4.72 Å². The van der Waals surface area contributed by atoms with Gasteiger partial charge in [-0.1, -0.05) is 11.6 Å². The third-order valence-corrected chi connectivity index (χ3v) is 2.33. The molecule has 0 saturated carbocycles. The van der Waals surface area contributed by atoms with E-state index in [0.717, 1.165) is 6.07 Å². The minimum absolute atomic E-state index is 0. The zero-order chi connectivity index (χ0) is 12.6. The monoisotopic (exact) mass is 297 g/mol. The number of hydrogen-bond acceptors (Lipinski definition) is 3. The molecule has 0 aliphatic heterocycles. The topological polar surface area (TPSA) is 69.2 Å². The molecule has 0 heterocycles. The molecule has 0 aliphatic rings. The van der Waals surface area contributed by atoms with Gasteiger partial charge in [-0.05, 0) is 18.2 Å². The first-order chi connectivity index (χ1) is 7.09. The fraction of sp³-hybridized carbons (Fsp3) is 0.143. The van der Waals surface area contributed by atoms with Crippen molar-refractivity contribution in [2.24, 2.45) is 0 Å². The van der Waals surface area contributed by atoms with Crippen molar-refractivity contribution in [3.63, 3.8) is 0 Å². The van der Waals surface area contributed by atoms with E-state index in [1.165, 1.54) is 4.72 Å². The van der Waals surface area contributed by atoms with E-state index < -0.39 is 27.7 Å². The molecule has 10 heteroatoms. The smallest absolute Gasteiger partial charge is 0.731 e. The number of hydrogen-bond donors (Lipinski definition) is 1. The summed E-state index contributed by atoms with van der Waals surface area (Å²) in [4.78, 5) is 0. The van der Waals surface area contributed by atoms with Crippen LogP contribution in [0.5, 0.6) is 0 Å². The van der Waals surface area contributed by atoms with E-state index >= 15 is 0 Å². The Labute approximate surface area is 122 Å². The van der Waals surface area contributed by atoms with Gasteiger partial charge in [0.25, 0.3) is 0 Å². The number of anilines is 1. The van der Waals surface area contributed by atoms with E-state index in [2.05, 4.69) is 0 Å². The SMILES string of the molecule is O=S(=O)([O-])Nc1cc(C(F)(F)F)ccc1Cl.[Na+]. The van der Waals surface area contributed by atoms with E-state index in [1.807, 2.05) is 0 Å². The van der Waals surface area contributed by atoms with Gasteiger partial charge in [0, 0.05) is 0 Å². The molecule has 0 amide bonds. The Morgan fingerprint density at radius 1 is 1.29 bits per heavy atom. The first-order valence-electron chi connectivity index (χ1n) is 3.70. The van der Waals surface area contributed by atoms with Crippen LogP contribution in [-0.2, 0) is 16.5 Å². The molecule has 0 aliphatic carbocycles. The van der Waals surface area contributed by atoms with Crippen LogP contribution >= 0.6 is 11.6 Å².